The van der Waals surface area contributed by atoms with Crippen LogP contribution in [-0.4, -0.2) is 29.4 Å². The van der Waals surface area contributed by atoms with Crippen molar-refractivity contribution >= 4 is 34.1 Å². The van der Waals surface area contributed by atoms with E-state index in [1.54, 1.807) is 0 Å². The van der Waals surface area contributed by atoms with E-state index in [1.165, 1.54) is 35.9 Å². The largest absolute Gasteiger partial charge is 0.452 e. The van der Waals surface area contributed by atoms with E-state index in [2.05, 4.69) is 17.2 Å². The summed E-state index contributed by atoms with van der Waals surface area (Å²) in [6.45, 7) is 1.71. The third-order valence-electron chi connectivity index (χ3n) is 4.26. The third-order valence-corrected chi connectivity index (χ3v) is 5.43. The minimum Gasteiger partial charge on any atom is -0.452 e. The number of nitrogens with one attached hydrogen (secondary N) is 1. The molecule has 8 heteroatoms. The van der Waals surface area contributed by atoms with Crippen LogP contribution in [0.5, 0.6) is 0 Å². The Morgan fingerprint density at radius 1 is 1.35 bits per heavy atom. The fourth-order valence-corrected chi connectivity index (χ4v) is 4.40. The molecule has 2 aromatic heterocycles. The second-order valence-corrected chi connectivity index (χ2v) is 7.39. The number of nitrogens with zero attached hydrogens (tertiary/aromatic N) is 1. The number of thiophene rings is 1. The quantitative estimate of drug-likeness (QED) is 0.780. The number of amides is 2. The second kappa shape index (κ2) is 7.65. The van der Waals surface area contributed by atoms with Gasteiger partial charge in [0.15, 0.2) is 6.61 Å². The number of hydrogen-bond acceptors (Lipinski definition) is 6. The smallest absolute Gasteiger partial charge is 0.338 e. The molecular weight excluding hydrogens is 354 g/mol. The maximum atomic E-state index is 12.2. The van der Waals surface area contributed by atoms with Crippen molar-refractivity contribution in [1.82, 2.24) is 4.98 Å². The van der Waals surface area contributed by atoms with E-state index < -0.39 is 24.4 Å². The summed E-state index contributed by atoms with van der Waals surface area (Å²) < 4.78 is 4.99. The Morgan fingerprint density at radius 2 is 2.08 bits per heavy atom. The van der Waals surface area contributed by atoms with Crippen LogP contribution in [0.4, 0.5) is 5.00 Å². The van der Waals surface area contributed by atoms with Crippen LogP contribution in [0.25, 0.3) is 0 Å². The first-order valence-corrected chi connectivity index (χ1v) is 9.08. The fraction of sp³-hybridized carbons (Fsp3) is 0.333. The number of esters is 1. The lowest BCUT2D eigenvalue weighted by molar-refractivity contribution is -0.119. The highest BCUT2D eigenvalue weighted by Crippen LogP contribution is 2.39. The zero-order valence-electron chi connectivity index (χ0n) is 14.3. The molecular formula is C18H19N3O4S. The van der Waals surface area contributed by atoms with Gasteiger partial charge < -0.3 is 15.8 Å². The number of carbonyl (C=O) groups is 3. The van der Waals surface area contributed by atoms with E-state index in [4.69, 9.17) is 10.5 Å². The molecule has 1 aliphatic carbocycles. The van der Waals surface area contributed by atoms with Gasteiger partial charge in [-0.1, -0.05) is 6.92 Å². The Kier molecular flexibility index (Phi) is 5.32. The molecule has 1 aliphatic rings. The SMILES string of the molecule is CC1CCc2c(sc(NC(=O)COC(=O)c3ccncc3)c2C(N)=O)C1. The van der Waals surface area contributed by atoms with E-state index in [0.717, 1.165) is 29.7 Å². The van der Waals surface area contributed by atoms with Gasteiger partial charge >= 0.3 is 5.97 Å². The first kappa shape index (κ1) is 18.1. The van der Waals surface area contributed by atoms with Crippen molar-refractivity contribution in [2.75, 3.05) is 11.9 Å². The van der Waals surface area contributed by atoms with Crippen LogP contribution in [0.1, 0.15) is 44.5 Å². The highest BCUT2D eigenvalue weighted by atomic mass is 32.1. The van der Waals surface area contributed by atoms with Crippen molar-refractivity contribution < 1.29 is 19.1 Å². The summed E-state index contributed by atoms with van der Waals surface area (Å²) in [6.07, 6.45) is 5.56. The van der Waals surface area contributed by atoms with Gasteiger partial charge in [-0.3, -0.25) is 14.6 Å². The van der Waals surface area contributed by atoms with Crippen molar-refractivity contribution in [3.8, 4) is 0 Å². The van der Waals surface area contributed by atoms with Crippen LogP contribution < -0.4 is 11.1 Å². The first-order valence-electron chi connectivity index (χ1n) is 8.27. The highest BCUT2D eigenvalue weighted by molar-refractivity contribution is 7.17. The van der Waals surface area contributed by atoms with Gasteiger partial charge in [0, 0.05) is 17.3 Å². The highest BCUT2D eigenvalue weighted by Gasteiger charge is 2.27. The Bertz CT molecular complexity index is 848. The summed E-state index contributed by atoms with van der Waals surface area (Å²) in [6, 6.07) is 3.00. The lowest BCUT2D eigenvalue weighted by Crippen LogP contribution is -2.23. The summed E-state index contributed by atoms with van der Waals surface area (Å²) in [5.41, 5.74) is 7.14. The number of pyridine rings is 1. The van der Waals surface area contributed by atoms with Crippen LogP contribution in [0, 0.1) is 5.92 Å². The van der Waals surface area contributed by atoms with Gasteiger partial charge in [0.2, 0.25) is 0 Å². The number of nitrogens with two attached hydrogens (primary N) is 1. The summed E-state index contributed by atoms with van der Waals surface area (Å²) >= 11 is 1.37. The van der Waals surface area contributed by atoms with Gasteiger partial charge in [-0.15, -0.1) is 11.3 Å². The summed E-state index contributed by atoms with van der Waals surface area (Å²) in [5.74, 6) is -1.15. The number of carbonyl (C=O) groups excluding carboxylic acids is 3. The molecule has 0 spiro atoms. The minimum absolute atomic E-state index is 0.311. The number of ether oxygens (including phenoxy) is 1. The molecule has 3 N–H and O–H groups in total. The van der Waals surface area contributed by atoms with E-state index in [1.807, 2.05) is 0 Å². The van der Waals surface area contributed by atoms with Crippen molar-refractivity contribution in [1.29, 1.82) is 0 Å². The predicted molar refractivity (Wildman–Crippen MR) is 97.2 cm³/mol. The predicted octanol–water partition coefficient (Wildman–Crippen LogP) is 2.16. The maximum absolute atomic E-state index is 12.2. The number of aromatic nitrogens is 1. The molecule has 7 nitrogen and oxygen atoms in total. The number of fused-ring (bicyclic) bond motifs is 1. The molecule has 0 radical (unpaired) electrons. The average molecular weight is 373 g/mol. The van der Waals surface area contributed by atoms with Crippen LogP contribution in [0.3, 0.4) is 0 Å². The van der Waals surface area contributed by atoms with Gasteiger partial charge in [0.05, 0.1) is 11.1 Å². The van der Waals surface area contributed by atoms with E-state index in [9.17, 15) is 14.4 Å². The average Bonchev–Trinajstić information content (AvgIpc) is 2.97. The molecule has 2 amide bonds. The van der Waals surface area contributed by atoms with E-state index in [0.29, 0.717) is 22.0 Å². The van der Waals surface area contributed by atoms with Crippen LogP contribution in [0.15, 0.2) is 24.5 Å². The molecule has 0 bridgehead atoms. The Hall–Kier alpha value is -2.74. The molecule has 136 valence electrons. The van der Waals surface area contributed by atoms with Gasteiger partial charge in [-0.05, 0) is 42.9 Å². The molecule has 26 heavy (non-hydrogen) atoms. The zero-order valence-corrected chi connectivity index (χ0v) is 15.1. The van der Waals surface area contributed by atoms with Crippen LogP contribution in [0.2, 0.25) is 0 Å². The van der Waals surface area contributed by atoms with Crippen molar-refractivity contribution in [2.24, 2.45) is 11.7 Å². The van der Waals surface area contributed by atoms with Gasteiger partial charge in [-0.25, -0.2) is 4.79 Å². The zero-order chi connectivity index (χ0) is 18.7. The lowest BCUT2D eigenvalue weighted by atomic mass is 9.88. The molecule has 1 atom stereocenters. The topological polar surface area (TPSA) is 111 Å². The fourth-order valence-electron chi connectivity index (χ4n) is 2.96. The molecule has 3 rings (SSSR count). The summed E-state index contributed by atoms with van der Waals surface area (Å²) in [5, 5.41) is 3.09. The molecule has 2 heterocycles. The summed E-state index contributed by atoms with van der Waals surface area (Å²) in [4.78, 5) is 40.8. The minimum atomic E-state index is -0.614. The molecule has 0 saturated heterocycles. The van der Waals surface area contributed by atoms with Gasteiger partial charge in [0.1, 0.15) is 5.00 Å². The number of anilines is 1. The lowest BCUT2D eigenvalue weighted by Gasteiger charge is -2.18. The Balaban J connectivity index is 1.68. The van der Waals surface area contributed by atoms with Crippen LogP contribution in [-0.2, 0) is 22.4 Å². The monoisotopic (exact) mass is 373 g/mol. The van der Waals surface area contributed by atoms with Gasteiger partial charge in [-0.2, -0.15) is 0 Å². The normalized spacial score (nSPS) is 15.8. The molecule has 1 unspecified atom stereocenters. The standard InChI is InChI=1S/C18H19N3O4S/c1-10-2-3-12-13(8-10)26-17(15(12)16(19)23)21-14(22)9-25-18(24)11-4-6-20-7-5-11/h4-7,10H,2-3,8-9H2,1H3,(H2,19,23)(H,21,22). The summed E-state index contributed by atoms with van der Waals surface area (Å²) in [7, 11) is 0. The third kappa shape index (κ3) is 3.91. The van der Waals surface area contributed by atoms with E-state index >= 15 is 0 Å². The Labute approximate surface area is 154 Å². The molecule has 0 saturated carbocycles. The first-order chi connectivity index (χ1) is 12.5. The Morgan fingerprint density at radius 3 is 2.77 bits per heavy atom. The number of rotatable bonds is 5. The van der Waals surface area contributed by atoms with Crippen molar-refractivity contribution in [3.05, 3.63) is 46.1 Å². The number of hydrogen-bond donors (Lipinski definition) is 2. The van der Waals surface area contributed by atoms with Crippen molar-refractivity contribution in [2.45, 2.75) is 26.2 Å². The van der Waals surface area contributed by atoms with Crippen LogP contribution >= 0.6 is 11.3 Å². The maximum Gasteiger partial charge on any atom is 0.338 e. The van der Waals surface area contributed by atoms with Gasteiger partial charge in [0.25, 0.3) is 11.8 Å². The molecule has 2 aromatic rings. The number of primary amides is 1. The molecule has 0 aromatic carbocycles. The second-order valence-electron chi connectivity index (χ2n) is 6.28. The molecule has 0 aliphatic heterocycles. The van der Waals surface area contributed by atoms with Crippen molar-refractivity contribution in [3.63, 3.8) is 0 Å². The van der Waals surface area contributed by atoms with E-state index in [-0.39, 0.29) is 0 Å². The molecule has 0 fully saturated rings.